The molecule has 0 unspecified atom stereocenters. The van der Waals surface area contributed by atoms with Crippen molar-refractivity contribution in [3.8, 4) is 33.6 Å². The van der Waals surface area contributed by atoms with Crippen molar-refractivity contribution < 1.29 is 24.5 Å². The second kappa shape index (κ2) is 12.0. The molecule has 3 aromatic heterocycles. The van der Waals surface area contributed by atoms with Gasteiger partial charge in [0.2, 0.25) is 0 Å². The van der Waals surface area contributed by atoms with E-state index in [4.69, 9.17) is 4.42 Å². The Morgan fingerprint density at radius 2 is 1.44 bits per heavy atom. The van der Waals surface area contributed by atoms with Gasteiger partial charge in [-0.2, -0.15) is 0 Å². The van der Waals surface area contributed by atoms with Crippen LogP contribution in [0.1, 0.15) is 5.56 Å². The maximum atomic E-state index is 6.01. The summed E-state index contributed by atoms with van der Waals surface area (Å²) in [5, 5.41) is 2.24. The van der Waals surface area contributed by atoms with Gasteiger partial charge in [-0.25, -0.2) is 0 Å². The molecule has 0 saturated carbocycles. The second-order valence-corrected chi connectivity index (χ2v) is 8.98. The van der Waals surface area contributed by atoms with Crippen molar-refractivity contribution >= 4 is 21.9 Å². The van der Waals surface area contributed by atoms with Crippen molar-refractivity contribution in [1.29, 1.82) is 0 Å². The molecule has 3 nitrogen and oxygen atoms in total. The monoisotopic (exact) mass is 681 g/mol. The number of aromatic nitrogens is 2. The molecule has 0 atom stereocenters. The normalized spacial score (nSPS) is 10.5. The molecule has 0 aliphatic carbocycles. The largest absolute Gasteiger partial charge is 0.501 e. The van der Waals surface area contributed by atoms with Crippen LogP contribution in [-0.4, -0.2) is 9.97 Å². The van der Waals surface area contributed by atoms with Gasteiger partial charge in [-0.1, -0.05) is 94.4 Å². The van der Waals surface area contributed by atoms with Gasteiger partial charge >= 0.3 is 0 Å². The van der Waals surface area contributed by atoms with Gasteiger partial charge in [0, 0.05) is 37.9 Å². The fourth-order valence-corrected chi connectivity index (χ4v) is 4.47. The van der Waals surface area contributed by atoms with E-state index in [1.165, 1.54) is 16.7 Å². The number of hydrogen-bond donors (Lipinski definition) is 0. The minimum Gasteiger partial charge on any atom is -0.501 e. The number of hydrogen-bond acceptors (Lipinski definition) is 3. The van der Waals surface area contributed by atoms with Crippen LogP contribution in [0.3, 0.4) is 0 Å². The van der Waals surface area contributed by atoms with Gasteiger partial charge in [0.05, 0.1) is 5.58 Å². The summed E-state index contributed by atoms with van der Waals surface area (Å²) in [5.74, 6) is 0. The maximum Gasteiger partial charge on any atom is 0.120 e. The summed E-state index contributed by atoms with van der Waals surface area (Å²) < 4.78 is 6.01. The predicted octanol–water partition coefficient (Wildman–Crippen LogP) is 8.97. The Morgan fingerprint density at radius 3 is 2.21 bits per heavy atom. The summed E-state index contributed by atoms with van der Waals surface area (Å²) in [6.07, 6.45) is 3.62. The molecule has 0 N–H and O–H groups in total. The first-order chi connectivity index (χ1) is 18.8. The predicted molar refractivity (Wildman–Crippen MR) is 154 cm³/mol. The van der Waals surface area contributed by atoms with E-state index >= 15 is 0 Å². The third-order valence-electron chi connectivity index (χ3n) is 6.37. The van der Waals surface area contributed by atoms with Crippen LogP contribution in [-0.2, 0) is 20.1 Å². The molecule has 39 heavy (non-hydrogen) atoms. The molecule has 0 aliphatic heterocycles. The Kier molecular flexibility index (Phi) is 8.07. The minimum atomic E-state index is 0. The summed E-state index contributed by atoms with van der Waals surface area (Å²) >= 11 is 0. The van der Waals surface area contributed by atoms with Crippen LogP contribution in [0.4, 0.5) is 0 Å². The summed E-state index contributed by atoms with van der Waals surface area (Å²) in [6, 6.07) is 45.0. The van der Waals surface area contributed by atoms with E-state index in [2.05, 4.69) is 65.4 Å². The van der Waals surface area contributed by atoms with Crippen molar-refractivity contribution in [2.24, 2.45) is 0 Å². The quantitative estimate of drug-likeness (QED) is 0.175. The van der Waals surface area contributed by atoms with Crippen molar-refractivity contribution in [3.05, 3.63) is 145 Å². The van der Waals surface area contributed by atoms with E-state index in [0.717, 1.165) is 44.5 Å². The molecule has 4 heteroatoms. The molecule has 191 valence electrons. The van der Waals surface area contributed by atoms with Crippen LogP contribution in [0.5, 0.6) is 0 Å². The zero-order valence-corrected chi connectivity index (χ0v) is 23.7. The van der Waals surface area contributed by atoms with E-state index in [-0.39, 0.29) is 20.1 Å². The molecule has 3 heterocycles. The molecule has 0 saturated heterocycles. The molecular formula is C35H24IrN2O-2. The molecule has 4 aromatic carbocycles. The number of pyridine rings is 2. The van der Waals surface area contributed by atoms with Gasteiger partial charge in [-0.05, 0) is 36.5 Å². The molecular weight excluding hydrogens is 657 g/mol. The fourth-order valence-electron chi connectivity index (χ4n) is 4.47. The second-order valence-electron chi connectivity index (χ2n) is 8.98. The van der Waals surface area contributed by atoms with E-state index in [9.17, 15) is 0 Å². The number of rotatable bonds is 3. The molecule has 7 rings (SSSR count). The smallest absolute Gasteiger partial charge is 0.120 e. The number of para-hydroxylation sites is 1. The van der Waals surface area contributed by atoms with Crippen LogP contribution in [0.2, 0.25) is 0 Å². The fraction of sp³-hybridized carbons (Fsp3) is 0.0286. The van der Waals surface area contributed by atoms with Gasteiger partial charge in [0.25, 0.3) is 0 Å². The van der Waals surface area contributed by atoms with Crippen molar-refractivity contribution in [3.63, 3.8) is 0 Å². The number of aryl methyl sites for hydroxylation is 1. The molecule has 0 bridgehead atoms. The zero-order valence-electron chi connectivity index (χ0n) is 21.3. The first-order valence-electron chi connectivity index (χ1n) is 12.5. The summed E-state index contributed by atoms with van der Waals surface area (Å²) in [6.45, 7) is 2.06. The number of fused-ring (bicyclic) bond motifs is 3. The van der Waals surface area contributed by atoms with E-state index in [1.807, 2.05) is 85.1 Å². The van der Waals surface area contributed by atoms with Gasteiger partial charge in [0.1, 0.15) is 5.58 Å². The van der Waals surface area contributed by atoms with Crippen molar-refractivity contribution in [2.45, 2.75) is 6.92 Å². The van der Waals surface area contributed by atoms with Gasteiger partial charge in [-0.15, -0.1) is 48.0 Å². The van der Waals surface area contributed by atoms with Crippen molar-refractivity contribution in [1.82, 2.24) is 9.97 Å². The topological polar surface area (TPSA) is 38.9 Å². The SMILES string of the molecule is Cc1ccnc(-c2[c-]ccc3c2oc2ccccc23)c1.[Ir].[c-]1cc(-c2ccccc2)ccc1-c1ccccn1. The average molecular weight is 681 g/mol. The Morgan fingerprint density at radius 1 is 0.641 bits per heavy atom. The third kappa shape index (κ3) is 5.73. The van der Waals surface area contributed by atoms with Gasteiger partial charge in [-0.3, -0.25) is 0 Å². The minimum absolute atomic E-state index is 0. The van der Waals surface area contributed by atoms with E-state index in [0.29, 0.717) is 0 Å². The number of furan rings is 1. The Balaban J connectivity index is 0.000000155. The molecule has 7 aromatic rings. The van der Waals surface area contributed by atoms with E-state index in [1.54, 1.807) is 6.20 Å². The molecule has 0 amide bonds. The average Bonchev–Trinajstić information content (AvgIpc) is 3.38. The maximum absolute atomic E-state index is 6.01. The first kappa shape index (κ1) is 26.2. The van der Waals surface area contributed by atoms with Crippen LogP contribution in [0, 0.1) is 19.1 Å². The summed E-state index contributed by atoms with van der Waals surface area (Å²) in [4.78, 5) is 8.76. The molecule has 1 radical (unpaired) electrons. The number of nitrogens with zero attached hydrogens (tertiary/aromatic N) is 2. The zero-order chi connectivity index (χ0) is 25.7. The van der Waals surface area contributed by atoms with E-state index < -0.39 is 0 Å². The van der Waals surface area contributed by atoms with Crippen LogP contribution in [0.15, 0.2) is 132 Å². The standard InChI is InChI=1S/C18H12NO.C17H12N.Ir/c1-12-9-10-19-16(11-12)15-7-4-6-14-13-5-2-3-8-17(13)20-18(14)15;1-2-6-14(7-3-1)15-9-11-16(12-10-15)17-8-4-5-13-18-17;/h2-6,8-11H,1H3;1-11,13H;/q2*-1;. The van der Waals surface area contributed by atoms with Gasteiger partial charge < -0.3 is 14.4 Å². The Bertz CT molecular complexity index is 1750. The third-order valence-corrected chi connectivity index (χ3v) is 6.37. The molecule has 0 spiro atoms. The first-order valence-corrected chi connectivity index (χ1v) is 12.5. The number of benzene rings is 4. The Labute approximate surface area is 241 Å². The van der Waals surface area contributed by atoms with Crippen LogP contribution >= 0.6 is 0 Å². The van der Waals surface area contributed by atoms with Gasteiger partial charge in [0.15, 0.2) is 0 Å². The van der Waals surface area contributed by atoms with Crippen LogP contribution < -0.4 is 0 Å². The molecule has 0 fully saturated rings. The summed E-state index contributed by atoms with van der Waals surface area (Å²) in [7, 11) is 0. The van der Waals surface area contributed by atoms with Crippen molar-refractivity contribution in [2.75, 3.05) is 0 Å². The summed E-state index contributed by atoms with van der Waals surface area (Å²) in [5.41, 5.74) is 9.11. The van der Waals surface area contributed by atoms with Crippen LogP contribution in [0.25, 0.3) is 55.6 Å². The Hall–Kier alpha value is -4.37. The molecule has 0 aliphatic rings.